The lowest BCUT2D eigenvalue weighted by Gasteiger charge is -2.13. The summed E-state index contributed by atoms with van der Waals surface area (Å²) in [5.74, 6) is 1.77. The number of hydrogen-bond acceptors (Lipinski definition) is 5. The number of hydrogen-bond donors (Lipinski definition) is 0. The van der Waals surface area contributed by atoms with E-state index in [2.05, 4.69) is 77.4 Å². The summed E-state index contributed by atoms with van der Waals surface area (Å²) in [6.45, 7) is 0. The minimum absolute atomic E-state index is 0.562. The lowest BCUT2D eigenvalue weighted by atomic mass is 10.1. The summed E-state index contributed by atoms with van der Waals surface area (Å²) >= 11 is 0. The highest BCUT2D eigenvalue weighted by Gasteiger charge is 2.23. The number of para-hydroxylation sites is 3. The minimum Gasteiger partial charge on any atom is -0.456 e. The van der Waals surface area contributed by atoms with E-state index in [0.717, 1.165) is 88.1 Å². The molecule has 0 unspecified atom stereocenters. The quantitative estimate of drug-likeness (QED) is 0.189. The van der Waals surface area contributed by atoms with Crippen LogP contribution in [0.5, 0.6) is 0 Å². The summed E-state index contributed by atoms with van der Waals surface area (Å²) in [7, 11) is 0. The smallest absolute Gasteiger partial charge is 0.164 e. The van der Waals surface area contributed by atoms with Gasteiger partial charge in [-0.1, -0.05) is 115 Å². The van der Waals surface area contributed by atoms with Crippen molar-refractivity contribution in [2.75, 3.05) is 0 Å². The van der Waals surface area contributed by atoms with Gasteiger partial charge in [-0.15, -0.1) is 0 Å². The van der Waals surface area contributed by atoms with Gasteiger partial charge in [-0.05, 0) is 42.5 Å². The molecule has 0 radical (unpaired) electrons. The fraction of sp³-hybridized carbons (Fsp3) is 0. The average molecular weight is 655 g/mol. The first-order valence-corrected chi connectivity index (χ1v) is 16.9. The van der Waals surface area contributed by atoms with E-state index in [1.165, 1.54) is 0 Å². The Labute approximate surface area is 290 Å². The van der Waals surface area contributed by atoms with Gasteiger partial charge in [0.15, 0.2) is 17.5 Å². The highest BCUT2D eigenvalue weighted by Crippen LogP contribution is 2.44. The Morgan fingerprint density at radius 3 is 1.65 bits per heavy atom. The van der Waals surface area contributed by atoms with Crippen molar-refractivity contribution >= 4 is 65.7 Å². The van der Waals surface area contributed by atoms with Crippen LogP contribution in [0.25, 0.3) is 106 Å². The number of furan rings is 2. The van der Waals surface area contributed by atoms with Gasteiger partial charge < -0.3 is 13.4 Å². The predicted octanol–water partition coefficient (Wildman–Crippen LogP) is 11.8. The molecule has 6 heteroatoms. The Morgan fingerprint density at radius 1 is 0.373 bits per heavy atom. The molecule has 4 heterocycles. The molecule has 0 fully saturated rings. The van der Waals surface area contributed by atoms with Crippen molar-refractivity contribution in [1.29, 1.82) is 0 Å². The van der Waals surface area contributed by atoms with Gasteiger partial charge in [0, 0.05) is 38.2 Å². The lowest BCUT2D eigenvalue weighted by Crippen LogP contribution is -2.01. The van der Waals surface area contributed by atoms with E-state index in [1.807, 2.05) is 84.9 Å². The molecule has 0 spiro atoms. The maximum Gasteiger partial charge on any atom is 0.164 e. The zero-order valence-electron chi connectivity index (χ0n) is 27.1. The molecule has 4 aromatic heterocycles. The Morgan fingerprint density at radius 2 is 0.941 bits per heavy atom. The lowest BCUT2D eigenvalue weighted by molar-refractivity contribution is 0.669. The van der Waals surface area contributed by atoms with Crippen LogP contribution in [0.3, 0.4) is 0 Å². The fourth-order valence-corrected chi connectivity index (χ4v) is 7.57. The number of fused-ring (bicyclic) bond motifs is 10. The second-order valence-corrected chi connectivity index (χ2v) is 12.8. The predicted molar refractivity (Wildman–Crippen MR) is 205 cm³/mol. The highest BCUT2D eigenvalue weighted by molar-refractivity contribution is 6.24. The molecule has 0 aliphatic carbocycles. The SMILES string of the molecule is c1ccc(-c2nc(-c3ccccc3)nc(-c3cc(-n4c5ccccc5c5c6oc7ccccc7c6ccc54)c4c(c3)oc3ccccc34)n2)cc1. The zero-order valence-corrected chi connectivity index (χ0v) is 27.1. The van der Waals surface area contributed by atoms with E-state index >= 15 is 0 Å². The summed E-state index contributed by atoms with van der Waals surface area (Å²) in [6.07, 6.45) is 0. The van der Waals surface area contributed by atoms with Gasteiger partial charge in [-0.3, -0.25) is 0 Å². The number of nitrogens with zero attached hydrogens (tertiary/aromatic N) is 4. The largest absolute Gasteiger partial charge is 0.456 e. The molecule has 11 aromatic rings. The summed E-state index contributed by atoms with van der Waals surface area (Å²) in [5, 5.41) is 6.44. The third kappa shape index (κ3) is 4.20. The van der Waals surface area contributed by atoms with Crippen molar-refractivity contribution in [3.05, 3.63) is 158 Å². The molecule has 7 aromatic carbocycles. The van der Waals surface area contributed by atoms with Crippen LogP contribution in [0, 0.1) is 0 Å². The first-order valence-electron chi connectivity index (χ1n) is 16.9. The van der Waals surface area contributed by atoms with Crippen molar-refractivity contribution in [2.45, 2.75) is 0 Å². The van der Waals surface area contributed by atoms with E-state index in [4.69, 9.17) is 23.8 Å². The van der Waals surface area contributed by atoms with Gasteiger partial charge in [0.1, 0.15) is 22.3 Å². The molecule has 0 amide bonds. The molecule has 0 N–H and O–H groups in total. The molecule has 0 atom stereocenters. The maximum absolute atomic E-state index is 6.61. The summed E-state index contributed by atoms with van der Waals surface area (Å²) in [4.78, 5) is 15.1. The standard InChI is InChI=1S/C45H26N4O2/c1-3-13-27(14-4-1)43-46-44(28-15-5-2-6-16-28)48-45(47-43)29-25-36(40-33-19-9-12-22-38(33)50-39(40)26-29)49-34-20-10-7-18-32(34)41-35(49)24-23-31-30-17-8-11-21-37(30)51-42(31)41/h1-26H. The maximum atomic E-state index is 6.61. The molecule has 0 aliphatic rings. The third-order valence-electron chi connectivity index (χ3n) is 9.84. The monoisotopic (exact) mass is 654 g/mol. The molecule has 51 heavy (non-hydrogen) atoms. The first kappa shape index (κ1) is 27.9. The minimum atomic E-state index is 0.562. The Hall–Kier alpha value is -7.05. The molecular weight excluding hydrogens is 629 g/mol. The van der Waals surface area contributed by atoms with Crippen LogP contribution in [-0.4, -0.2) is 19.5 Å². The molecule has 238 valence electrons. The van der Waals surface area contributed by atoms with Crippen molar-refractivity contribution in [3.63, 3.8) is 0 Å². The van der Waals surface area contributed by atoms with Crippen molar-refractivity contribution in [1.82, 2.24) is 19.5 Å². The van der Waals surface area contributed by atoms with E-state index < -0.39 is 0 Å². The van der Waals surface area contributed by atoms with Crippen LogP contribution in [0.15, 0.2) is 167 Å². The van der Waals surface area contributed by atoms with Gasteiger partial charge in [0.25, 0.3) is 0 Å². The van der Waals surface area contributed by atoms with Gasteiger partial charge in [-0.25, -0.2) is 15.0 Å². The number of rotatable bonds is 4. The third-order valence-corrected chi connectivity index (χ3v) is 9.84. The van der Waals surface area contributed by atoms with Crippen LogP contribution in [0.4, 0.5) is 0 Å². The fourth-order valence-electron chi connectivity index (χ4n) is 7.57. The molecule has 6 nitrogen and oxygen atoms in total. The van der Waals surface area contributed by atoms with Crippen LogP contribution >= 0.6 is 0 Å². The summed E-state index contributed by atoms with van der Waals surface area (Å²) < 4.78 is 15.6. The molecule has 0 aliphatic heterocycles. The molecule has 0 bridgehead atoms. The Bertz CT molecular complexity index is 3080. The number of aromatic nitrogens is 4. The highest BCUT2D eigenvalue weighted by atomic mass is 16.3. The second-order valence-electron chi connectivity index (χ2n) is 12.8. The van der Waals surface area contributed by atoms with E-state index in [-0.39, 0.29) is 0 Å². The summed E-state index contributed by atoms with van der Waals surface area (Å²) in [5.41, 5.74) is 9.06. The zero-order chi connectivity index (χ0) is 33.5. The molecular formula is C45H26N4O2. The first-order chi connectivity index (χ1) is 25.3. The van der Waals surface area contributed by atoms with Gasteiger partial charge >= 0.3 is 0 Å². The molecule has 0 saturated heterocycles. The van der Waals surface area contributed by atoms with E-state index in [9.17, 15) is 0 Å². The van der Waals surface area contributed by atoms with Crippen LogP contribution in [-0.2, 0) is 0 Å². The second kappa shape index (κ2) is 10.7. The van der Waals surface area contributed by atoms with Crippen LogP contribution in [0.2, 0.25) is 0 Å². The molecule has 11 rings (SSSR count). The molecule has 0 saturated carbocycles. The van der Waals surface area contributed by atoms with E-state index in [1.54, 1.807) is 0 Å². The van der Waals surface area contributed by atoms with Gasteiger partial charge in [-0.2, -0.15) is 0 Å². The Balaban J connectivity index is 1.25. The number of benzene rings is 7. The van der Waals surface area contributed by atoms with Gasteiger partial charge in [0.05, 0.1) is 27.5 Å². The summed E-state index contributed by atoms with van der Waals surface area (Å²) in [6, 6.07) is 53.7. The van der Waals surface area contributed by atoms with Gasteiger partial charge in [0.2, 0.25) is 0 Å². The normalized spacial score (nSPS) is 11.9. The van der Waals surface area contributed by atoms with Crippen molar-refractivity contribution in [3.8, 4) is 39.9 Å². The van der Waals surface area contributed by atoms with Crippen LogP contribution in [0.1, 0.15) is 0 Å². The van der Waals surface area contributed by atoms with E-state index in [0.29, 0.717) is 17.5 Å². The topological polar surface area (TPSA) is 69.9 Å². The van der Waals surface area contributed by atoms with Crippen LogP contribution < -0.4 is 0 Å². The Kier molecular flexibility index (Phi) is 5.86. The van der Waals surface area contributed by atoms with Crippen molar-refractivity contribution < 1.29 is 8.83 Å². The average Bonchev–Trinajstić information content (AvgIpc) is 3.87. The van der Waals surface area contributed by atoms with Crippen molar-refractivity contribution in [2.24, 2.45) is 0 Å².